The van der Waals surface area contributed by atoms with Gasteiger partial charge in [0, 0.05) is 6.42 Å². The van der Waals surface area contributed by atoms with Crippen molar-refractivity contribution in [2.45, 2.75) is 31.8 Å². The number of hydrogen-bond acceptors (Lipinski definition) is 1. The summed E-state index contributed by atoms with van der Waals surface area (Å²) >= 11 is 0. The van der Waals surface area contributed by atoms with E-state index in [9.17, 15) is 4.79 Å². The van der Waals surface area contributed by atoms with Crippen LogP contribution in [0.25, 0.3) is 0 Å². The molecule has 3 heteroatoms. The fraction of sp³-hybridized carbons (Fsp3) is 0.208. The summed E-state index contributed by atoms with van der Waals surface area (Å²) < 4.78 is 0. The van der Waals surface area contributed by atoms with Crippen molar-refractivity contribution in [2.75, 3.05) is 0 Å². The Morgan fingerprint density at radius 2 is 1.15 bits per heavy atom. The fourth-order valence-corrected chi connectivity index (χ4v) is 8.86. The molecule has 0 aliphatic rings. The Morgan fingerprint density at radius 1 is 0.778 bits per heavy atom. The standard InChI is InChI=1S/C24H25O2P/c1-20(12-11-19-24(25)26)27(21-13-5-2-6-14-21,22-15-7-3-8-16-22)23-17-9-4-10-18-23/h2-10,13-18,20H,11-12,19H2,1H3/p+1. The number of carboxylic acid groups (broad SMARTS) is 1. The van der Waals surface area contributed by atoms with Crippen molar-refractivity contribution >= 4 is 29.1 Å². The summed E-state index contributed by atoms with van der Waals surface area (Å²) in [6, 6.07) is 32.3. The average molecular weight is 377 g/mol. The van der Waals surface area contributed by atoms with Crippen molar-refractivity contribution in [3.05, 3.63) is 91.0 Å². The summed E-state index contributed by atoms with van der Waals surface area (Å²) in [5.41, 5.74) is 0.351. The van der Waals surface area contributed by atoms with Crippen LogP contribution in [0.3, 0.4) is 0 Å². The monoisotopic (exact) mass is 377 g/mol. The van der Waals surface area contributed by atoms with Crippen LogP contribution in [-0.4, -0.2) is 16.7 Å². The zero-order valence-corrected chi connectivity index (χ0v) is 16.6. The molecule has 0 aliphatic carbocycles. The van der Waals surface area contributed by atoms with Crippen molar-refractivity contribution in [2.24, 2.45) is 0 Å². The van der Waals surface area contributed by atoms with E-state index in [1.54, 1.807) is 0 Å². The van der Waals surface area contributed by atoms with Gasteiger partial charge in [-0.2, -0.15) is 0 Å². The molecule has 0 radical (unpaired) electrons. The summed E-state index contributed by atoms with van der Waals surface area (Å²) in [5, 5.41) is 13.1. The van der Waals surface area contributed by atoms with E-state index in [0.717, 1.165) is 6.42 Å². The molecule has 27 heavy (non-hydrogen) atoms. The third kappa shape index (κ3) is 4.12. The van der Waals surface area contributed by atoms with E-state index in [2.05, 4.69) is 97.9 Å². The second-order valence-electron chi connectivity index (χ2n) is 6.86. The molecule has 0 aromatic heterocycles. The van der Waals surface area contributed by atoms with E-state index in [1.807, 2.05) is 0 Å². The van der Waals surface area contributed by atoms with E-state index in [-0.39, 0.29) is 6.42 Å². The van der Waals surface area contributed by atoms with Gasteiger partial charge in [-0.25, -0.2) is 0 Å². The van der Waals surface area contributed by atoms with Gasteiger partial charge in [0.15, 0.2) is 0 Å². The van der Waals surface area contributed by atoms with Crippen molar-refractivity contribution in [1.29, 1.82) is 0 Å². The molecule has 0 bridgehead atoms. The summed E-state index contributed by atoms with van der Waals surface area (Å²) in [6.07, 6.45) is 1.81. The molecule has 3 rings (SSSR count). The van der Waals surface area contributed by atoms with Gasteiger partial charge in [0.1, 0.15) is 23.2 Å². The highest BCUT2D eigenvalue weighted by molar-refractivity contribution is 7.96. The minimum Gasteiger partial charge on any atom is -0.481 e. The number of rotatable bonds is 8. The lowest BCUT2D eigenvalue weighted by atomic mass is 10.2. The highest BCUT2D eigenvalue weighted by Gasteiger charge is 2.49. The van der Waals surface area contributed by atoms with Gasteiger partial charge in [0.05, 0.1) is 5.66 Å². The Kier molecular flexibility index (Phi) is 6.42. The number of carboxylic acids is 1. The highest BCUT2D eigenvalue weighted by atomic mass is 31.2. The van der Waals surface area contributed by atoms with Crippen LogP contribution in [0.15, 0.2) is 91.0 Å². The van der Waals surface area contributed by atoms with Gasteiger partial charge < -0.3 is 5.11 Å². The Labute approximate surface area is 162 Å². The number of benzene rings is 3. The van der Waals surface area contributed by atoms with Gasteiger partial charge in [-0.05, 0) is 56.2 Å². The lowest BCUT2D eigenvalue weighted by molar-refractivity contribution is -0.137. The van der Waals surface area contributed by atoms with Crippen LogP contribution >= 0.6 is 7.26 Å². The zero-order chi connectivity index (χ0) is 19.1. The van der Waals surface area contributed by atoms with Crippen LogP contribution in [0.2, 0.25) is 0 Å². The van der Waals surface area contributed by atoms with Crippen LogP contribution in [0, 0.1) is 0 Å². The average Bonchev–Trinajstić information content (AvgIpc) is 2.71. The fourth-order valence-electron chi connectivity index (χ4n) is 3.94. The van der Waals surface area contributed by atoms with Crippen LogP contribution in [0.4, 0.5) is 0 Å². The molecular formula is C24H26O2P+. The number of carbonyl (C=O) groups is 1. The van der Waals surface area contributed by atoms with Gasteiger partial charge in [0.25, 0.3) is 0 Å². The molecule has 0 spiro atoms. The third-order valence-electron chi connectivity index (χ3n) is 5.16. The SMILES string of the molecule is CC(CCCC(=O)O)[P+](c1ccccc1)(c1ccccc1)c1ccccc1. The quantitative estimate of drug-likeness (QED) is 0.582. The molecule has 1 unspecified atom stereocenters. The molecule has 3 aromatic carbocycles. The van der Waals surface area contributed by atoms with Gasteiger partial charge in [0.2, 0.25) is 0 Å². The van der Waals surface area contributed by atoms with E-state index < -0.39 is 13.2 Å². The number of aliphatic carboxylic acids is 1. The Balaban J connectivity index is 2.18. The molecule has 3 aromatic rings. The summed E-state index contributed by atoms with van der Waals surface area (Å²) in [4.78, 5) is 11.0. The first kappa shape index (κ1) is 19.3. The minimum atomic E-state index is -1.90. The Hall–Kier alpha value is -2.44. The molecule has 1 atom stereocenters. The van der Waals surface area contributed by atoms with Crippen molar-refractivity contribution < 1.29 is 9.90 Å². The normalized spacial score (nSPS) is 12.5. The molecule has 0 saturated heterocycles. The van der Waals surface area contributed by atoms with Gasteiger partial charge in [-0.3, -0.25) is 4.79 Å². The maximum Gasteiger partial charge on any atom is 0.303 e. The lowest BCUT2D eigenvalue weighted by Gasteiger charge is -2.33. The smallest absolute Gasteiger partial charge is 0.303 e. The van der Waals surface area contributed by atoms with Crippen LogP contribution in [0.1, 0.15) is 26.2 Å². The number of hydrogen-bond donors (Lipinski definition) is 1. The predicted octanol–water partition coefficient (Wildman–Crippen LogP) is 4.62. The largest absolute Gasteiger partial charge is 0.481 e. The van der Waals surface area contributed by atoms with Gasteiger partial charge in [-0.15, -0.1) is 0 Å². The maximum atomic E-state index is 11.0. The highest BCUT2D eigenvalue weighted by Crippen LogP contribution is 2.60. The predicted molar refractivity (Wildman–Crippen MR) is 116 cm³/mol. The molecule has 2 nitrogen and oxygen atoms in total. The van der Waals surface area contributed by atoms with E-state index >= 15 is 0 Å². The molecule has 1 N–H and O–H groups in total. The first-order valence-corrected chi connectivity index (χ1v) is 11.3. The third-order valence-corrected chi connectivity index (χ3v) is 10.1. The molecule has 0 aliphatic heterocycles. The van der Waals surface area contributed by atoms with Crippen LogP contribution in [0.5, 0.6) is 0 Å². The van der Waals surface area contributed by atoms with Gasteiger partial charge in [-0.1, -0.05) is 54.6 Å². The summed E-state index contributed by atoms with van der Waals surface area (Å²) in [7, 11) is -1.90. The second-order valence-corrected chi connectivity index (χ2v) is 10.7. The van der Waals surface area contributed by atoms with Crippen molar-refractivity contribution in [3.8, 4) is 0 Å². The Bertz CT molecular complexity index is 751. The van der Waals surface area contributed by atoms with Crippen molar-refractivity contribution in [3.63, 3.8) is 0 Å². The van der Waals surface area contributed by atoms with E-state index in [1.165, 1.54) is 15.9 Å². The molecule has 0 fully saturated rings. The summed E-state index contributed by atoms with van der Waals surface area (Å²) in [5.74, 6) is -0.717. The molecular weight excluding hydrogens is 351 g/mol. The lowest BCUT2D eigenvalue weighted by Crippen LogP contribution is -2.37. The topological polar surface area (TPSA) is 37.3 Å². The molecule has 0 amide bonds. The van der Waals surface area contributed by atoms with Crippen LogP contribution in [-0.2, 0) is 4.79 Å². The maximum absolute atomic E-state index is 11.0. The summed E-state index contributed by atoms with van der Waals surface area (Å²) in [6.45, 7) is 2.29. The second kappa shape index (κ2) is 8.97. The zero-order valence-electron chi connectivity index (χ0n) is 15.7. The van der Waals surface area contributed by atoms with E-state index in [4.69, 9.17) is 5.11 Å². The molecule has 0 heterocycles. The molecule has 0 saturated carbocycles. The van der Waals surface area contributed by atoms with E-state index in [0.29, 0.717) is 12.1 Å². The minimum absolute atomic E-state index is 0.225. The van der Waals surface area contributed by atoms with Gasteiger partial charge >= 0.3 is 5.97 Å². The molecule has 138 valence electrons. The Morgan fingerprint density at radius 3 is 1.48 bits per heavy atom. The van der Waals surface area contributed by atoms with Crippen LogP contribution < -0.4 is 15.9 Å². The first-order chi connectivity index (χ1) is 13.2. The van der Waals surface area contributed by atoms with Crippen molar-refractivity contribution in [1.82, 2.24) is 0 Å². The first-order valence-electron chi connectivity index (χ1n) is 9.43.